The number of esters is 1. The van der Waals surface area contributed by atoms with Gasteiger partial charge in [-0.15, -0.1) is 0 Å². The molecule has 17 heavy (non-hydrogen) atoms. The number of carbonyl (C=O) groups is 1. The summed E-state index contributed by atoms with van der Waals surface area (Å²) < 4.78 is 4.81. The van der Waals surface area contributed by atoms with E-state index >= 15 is 0 Å². The number of hydrogen-bond donors (Lipinski definition) is 0. The molecule has 0 N–H and O–H groups in total. The number of rotatable bonds is 4. The van der Waals surface area contributed by atoms with E-state index in [1.54, 1.807) is 19.1 Å². The van der Waals surface area contributed by atoms with Crippen LogP contribution in [0.3, 0.4) is 0 Å². The zero-order chi connectivity index (χ0) is 12.7. The first-order chi connectivity index (χ1) is 8.17. The molecule has 0 aliphatic carbocycles. The van der Waals surface area contributed by atoms with E-state index in [2.05, 4.69) is 6.07 Å². The van der Waals surface area contributed by atoms with Crippen LogP contribution in [-0.4, -0.2) is 12.6 Å². The summed E-state index contributed by atoms with van der Waals surface area (Å²) in [7, 11) is 0. The van der Waals surface area contributed by atoms with Crippen LogP contribution in [0.4, 0.5) is 0 Å². The van der Waals surface area contributed by atoms with E-state index in [0.717, 1.165) is 11.1 Å². The summed E-state index contributed by atoms with van der Waals surface area (Å²) in [5.41, 5.74) is 2.59. The molecule has 3 nitrogen and oxygen atoms in total. The largest absolute Gasteiger partial charge is 0.466 e. The van der Waals surface area contributed by atoms with Gasteiger partial charge in [-0.2, -0.15) is 5.26 Å². The third kappa shape index (κ3) is 4.12. The van der Waals surface area contributed by atoms with Crippen molar-refractivity contribution in [1.29, 1.82) is 5.26 Å². The highest BCUT2D eigenvalue weighted by Crippen LogP contribution is 2.11. The molecular weight excluding hydrogens is 214 g/mol. The smallest absolute Gasteiger partial charge is 0.309 e. The lowest BCUT2D eigenvalue weighted by atomic mass is 10.1. The zero-order valence-electron chi connectivity index (χ0n) is 10.1. The topological polar surface area (TPSA) is 50.1 Å². The number of aryl methyl sites for hydroxylation is 1. The van der Waals surface area contributed by atoms with Crippen molar-refractivity contribution in [1.82, 2.24) is 0 Å². The molecule has 1 aromatic carbocycles. The summed E-state index contributed by atoms with van der Waals surface area (Å²) in [6, 6.07) is 7.66. The van der Waals surface area contributed by atoms with Crippen LogP contribution in [-0.2, 0) is 9.53 Å². The molecule has 0 atom stereocenters. The third-order valence-electron chi connectivity index (χ3n) is 2.27. The van der Waals surface area contributed by atoms with Crippen molar-refractivity contribution < 1.29 is 9.53 Å². The van der Waals surface area contributed by atoms with E-state index in [1.165, 1.54) is 0 Å². The Labute approximate surface area is 101 Å². The first kappa shape index (κ1) is 13.0. The lowest BCUT2D eigenvalue weighted by Crippen LogP contribution is -2.01. The molecule has 0 bridgehead atoms. The van der Waals surface area contributed by atoms with Crippen LogP contribution in [0, 0.1) is 18.3 Å². The number of nitrogens with zero attached hydrogens (tertiary/aromatic N) is 1. The summed E-state index contributed by atoms with van der Waals surface area (Å²) in [5.74, 6) is -0.228. The van der Waals surface area contributed by atoms with Gasteiger partial charge in [0.15, 0.2) is 0 Å². The Morgan fingerprint density at radius 3 is 2.88 bits per heavy atom. The molecule has 0 amide bonds. The standard InChI is InChI=1S/C14H15NO2/c1-3-17-14(16)6-4-5-12-7-8-13(10-15)11(2)9-12/h4-5,7-9H,3,6H2,1-2H3. The maximum Gasteiger partial charge on any atom is 0.309 e. The van der Waals surface area contributed by atoms with Crippen LogP contribution in [0.15, 0.2) is 24.3 Å². The third-order valence-corrected chi connectivity index (χ3v) is 2.27. The van der Waals surface area contributed by atoms with Crippen molar-refractivity contribution in [3.63, 3.8) is 0 Å². The van der Waals surface area contributed by atoms with E-state index in [0.29, 0.717) is 12.2 Å². The van der Waals surface area contributed by atoms with E-state index in [1.807, 2.05) is 25.1 Å². The second kappa shape index (κ2) is 6.49. The minimum atomic E-state index is -0.228. The Morgan fingerprint density at radius 1 is 1.53 bits per heavy atom. The molecule has 0 spiro atoms. The molecule has 1 aromatic rings. The van der Waals surface area contributed by atoms with Crippen molar-refractivity contribution in [3.05, 3.63) is 41.0 Å². The summed E-state index contributed by atoms with van der Waals surface area (Å²) in [6.45, 7) is 4.08. The summed E-state index contributed by atoms with van der Waals surface area (Å²) in [5, 5.41) is 8.79. The lowest BCUT2D eigenvalue weighted by Gasteiger charge is -1.99. The van der Waals surface area contributed by atoms with Gasteiger partial charge < -0.3 is 4.74 Å². The van der Waals surface area contributed by atoms with E-state index < -0.39 is 0 Å². The lowest BCUT2D eigenvalue weighted by molar-refractivity contribution is -0.142. The van der Waals surface area contributed by atoms with Gasteiger partial charge in [0.2, 0.25) is 0 Å². The molecular formula is C14H15NO2. The molecule has 0 aliphatic heterocycles. The molecule has 0 aromatic heterocycles. The van der Waals surface area contributed by atoms with E-state index in [-0.39, 0.29) is 12.4 Å². The highest BCUT2D eigenvalue weighted by atomic mass is 16.5. The first-order valence-corrected chi connectivity index (χ1v) is 5.50. The van der Waals surface area contributed by atoms with Crippen LogP contribution in [0.2, 0.25) is 0 Å². The number of hydrogen-bond acceptors (Lipinski definition) is 3. The SMILES string of the molecule is CCOC(=O)CC=Cc1ccc(C#N)c(C)c1. The van der Waals surface area contributed by atoms with Gasteiger partial charge in [0.05, 0.1) is 24.7 Å². The number of benzene rings is 1. The van der Waals surface area contributed by atoms with Gasteiger partial charge in [-0.05, 0) is 31.0 Å². The number of ether oxygens (including phenoxy) is 1. The quantitative estimate of drug-likeness (QED) is 0.746. The molecule has 0 heterocycles. The van der Waals surface area contributed by atoms with Crippen LogP contribution in [0.1, 0.15) is 30.0 Å². The van der Waals surface area contributed by atoms with Crippen molar-refractivity contribution in [2.45, 2.75) is 20.3 Å². The Balaban J connectivity index is 2.64. The fraction of sp³-hybridized carbons (Fsp3) is 0.286. The van der Waals surface area contributed by atoms with Gasteiger partial charge in [-0.3, -0.25) is 4.79 Å². The predicted octanol–water partition coefficient (Wildman–Crippen LogP) is 2.83. The second-order valence-electron chi connectivity index (χ2n) is 3.60. The van der Waals surface area contributed by atoms with E-state index in [9.17, 15) is 4.79 Å². The molecule has 1 rings (SSSR count). The summed E-state index contributed by atoms with van der Waals surface area (Å²) in [6.07, 6.45) is 3.89. The van der Waals surface area contributed by atoms with Gasteiger partial charge in [0, 0.05) is 0 Å². The molecule has 0 aliphatic rings. The molecule has 0 saturated carbocycles. The average molecular weight is 229 g/mol. The van der Waals surface area contributed by atoms with Crippen LogP contribution >= 0.6 is 0 Å². The van der Waals surface area contributed by atoms with Crippen molar-refractivity contribution in [2.24, 2.45) is 0 Å². The fourth-order valence-electron chi connectivity index (χ4n) is 1.43. The highest BCUT2D eigenvalue weighted by molar-refractivity contribution is 5.72. The van der Waals surface area contributed by atoms with Gasteiger partial charge in [-0.1, -0.05) is 24.3 Å². The molecule has 88 valence electrons. The van der Waals surface area contributed by atoms with Gasteiger partial charge in [0.1, 0.15) is 0 Å². The van der Waals surface area contributed by atoms with Crippen LogP contribution in [0.25, 0.3) is 6.08 Å². The predicted molar refractivity (Wildman–Crippen MR) is 66.2 cm³/mol. The van der Waals surface area contributed by atoms with Crippen molar-refractivity contribution >= 4 is 12.0 Å². The fourth-order valence-corrected chi connectivity index (χ4v) is 1.43. The van der Waals surface area contributed by atoms with E-state index in [4.69, 9.17) is 10.00 Å². The summed E-state index contributed by atoms with van der Waals surface area (Å²) in [4.78, 5) is 11.1. The Kier molecular flexibility index (Phi) is 4.96. The van der Waals surface area contributed by atoms with Gasteiger partial charge >= 0.3 is 5.97 Å². The number of carbonyl (C=O) groups excluding carboxylic acids is 1. The average Bonchev–Trinajstić information content (AvgIpc) is 2.29. The van der Waals surface area contributed by atoms with Crippen molar-refractivity contribution in [3.8, 4) is 6.07 Å². The summed E-state index contributed by atoms with van der Waals surface area (Å²) >= 11 is 0. The molecule has 0 unspecified atom stereocenters. The minimum absolute atomic E-state index is 0.228. The highest BCUT2D eigenvalue weighted by Gasteiger charge is 1.98. The monoisotopic (exact) mass is 229 g/mol. The minimum Gasteiger partial charge on any atom is -0.466 e. The Morgan fingerprint density at radius 2 is 2.29 bits per heavy atom. The maximum absolute atomic E-state index is 11.1. The Bertz CT molecular complexity index is 470. The Hall–Kier alpha value is -2.08. The first-order valence-electron chi connectivity index (χ1n) is 5.50. The van der Waals surface area contributed by atoms with Gasteiger partial charge in [-0.25, -0.2) is 0 Å². The maximum atomic E-state index is 11.1. The second-order valence-corrected chi connectivity index (χ2v) is 3.60. The van der Waals surface area contributed by atoms with Gasteiger partial charge in [0.25, 0.3) is 0 Å². The molecule has 0 saturated heterocycles. The normalized spacial score (nSPS) is 10.2. The van der Waals surface area contributed by atoms with Crippen molar-refractivity contribution in [2.75, 3.05) is 6.61 Å². The molecule has 3 heteroatoms. The zero-order valence-corrected chi connectivity index (χ0v) is 10.1. The number of nitriles is 1. The molecule has 0 radical (unpaired) electrons. The van der Waals surface area contributed by atoms with Crippen LogP contribution < -0.4 is 0 Å². The van der Waals surface area contributed by atoms with Crippen LogP contribution in [0.5, 0.6) is 0 Å². The molecule has 0 fully saturated rings.